The van der Waals surface area contributed by atoms with Crippen LogP contribution in [0.4, 0.5) is 0 Å². The Morgan fingerprint density at radius 2 is 2.10 bits per heavy atom. The average Bonchev–Trinajstić information content (AvgIpc) is 1.90. The lowest BCUT2D eigenvalue weighted by Gasteiger charge is -2.20. The van der Waals surface area contributed by atoms with Gasteiger partial charge in [0.05, 0.1) is 0 Å². The molecule has 0 heteroatoms. The zero-order chi connectivity index (χ0) is 8.20. The fourth-order valence-electron chi connectivity index (χ4n) is 1.10. The molecule has 0 aromatic rings. The van der Waals surface area contributed by atoms with Gasteiger partial charge in [-0.25, -0.2) is 0 Å². The van der Waals surface area contributed by atoms with Crippen LogP contribution in [-0.2, 0) is 0 Å². The SMILES string of the molecule is C#CC(C)(C)C(=CC)CC. The van der Waals surface area contributed by atoms with Crippen molar-refractivity contribution in [2.45, 2.75) is 34.1 Å². The zero-order valence-corrected chi connectivity index (χ0v) is 7.36. The lowest BCUT2D eigenvalue weighted by atomic mass is 9.83. The Hall–Kier alpha value is -0.700. The van der Waals surface area contributed by atoms with Crippen LogP contribution >= 0.6 is 0 Å². The second-order valence-electron chi connectivity index (χ2n) is 2.94. The molecule has 0 aromatic heterocycles. The van der Waals surface area contributed by atoms with E-state index < -0.39 is 0 Å². The topological polar surface area (TPSA) is 0 Å². The molecular weight excluding hydrogens is 120 g/mol. The van der Waals surface area contributed by atoms with E-state index in [1.165, 1.54) is 5.57 Å². The maximum Gasteiger partial charge on any atom is 0.0463 e. The molecule has 0 aliphatic carbocycles. The summed E-state index contributed by atoms with van der Waals surface area (Å²) in [7, 11) is 0. The van der Waals surface area contributed by atoms with E-state index in [1.807, 2.05) is 6.92 Å². The highest BCUT2D eigenvalue weighted by molar-refractivity contribution is 5.22. The van der Waals surface area contributed by atoms with Crippen LogP contribution in [0.5, 0.6) is 0 Å². The van der Waals surface area contributed by atoms with Crippen molar-refractivity contribution >= 4 is 0 Å². The van der Waals surface area contributed by atoms with Crippen LogP contribution in [0.15, 0.2) is 11.6 Å². The van der Waals surface area contributed by atoms with Gasteiger partial charge in [0, 0.05) is 5.41 Å². The van der Waals surface area contributed by atoms with Crippen LogP contribution in [0.3, 0.4) is 0 Å². The summed E-state index contributed by atoms with van der Waals surface area (Å²) in [5.74, 6) is 2.77. The minimum absolute atomic E-state index is 0.0521. The molecule has 0 heterocycles. The van der Waals surface area contributed by atoms with E-state index in [2.05, 4.69) is 32.8 Å². The van der Waals surface area contributed by atoms with Crippen molar-refractivity contribution in [1.82, 2.24) is 0 Å². The third-order valence-electron chi connectivity index (χ3n) is 1.89. The van der Waals surface area contributed by atoms with Crippen LogP contribution in [0.2, 0.25) is 0 Å². The highest BCUT2D eigenvalue weighted by Crippen LogP contribution is 2.26. The van der Waals surface area contributed by atoms with Crippen molar-refractivity contribution in [3.8, 4) is 12.3 Å². The van der Waals surface area contributed by atoms with E-state index in [9.17, 15) is 0 Å². The Morgan fingerprint density at radius 3 is 2.20 bits per heavy atom. The molecule has 0 amide bonds. The van der Waals surface area contributed by atoms with Gasteiger partial charge in [0.2, 0.25) is 0 Å². The maximum absolute atomic E-state index is 5.37. The largest absolute Gasteiger partial charge is 0.119 e. The molecule has 0 saturated heterocycles. The first-order valence-electron chi connectivity index (χ1n) is 3.72. The van der Waals surface area contributed by atoms with Gasteiger partial charge in [0.1, 0.15) is 0 Å². The van der Waals surface area contributed by atoms with E-state index in [4.69, 9.17) is 6.42 Å². The predicted molar refractivity (Wildman–Crippen MR) is 46.7 cm³/mol. The molecule has 56 valence electrons. The molecule has 0 N–H and O–H groups in total. The van der Waals surface area contributed by atoms with Gasteiger partial charge in [-0.15, -0.1) is 6.42 Å². The maximum atomic E-state index is 5.37. The third kappa shape index (κ3) is 1.92. The summed E-state index contributed by atoms with van der Waals surface area (Å²) in [5, 5.41) is 0. The molecule has 0 atom stereocenters. The van der Waals surface area contributed by atoms with E-state index >= 15 is 0 Å². The van der Waals surface area contributed by atoms with Gasteiger partial charge in [0.15, 0.2) is 0 Å². The van der Waals surface area contributed by atoms with Crippen molar-refractivity contribution in [3.05, 3.63) is 11.6 Å². The first-order valence-corrected chi connectivity index (χ1v) is 3.72. The van der Waals surface area contributed by atoms with Crippen molar-refractivity contribution in [1.29, 1.82) is 0 Å². The standard InChI is InChI=1S/C10H16/c1-6-9(7-2)10(4,5)8-3/h3,6H,7H2,1-2,4-5H3. The molecule has 10 heavy (non-hydrogen) atoms. The number of terminal acetylenes is 1. The summed E-state index contributed by atoms with van der Waals surface area (Å²) in [6.45, 7) is 8.32. The molecule has 0 nitrogen and oxygen atoms in total. The van der Waals surface area contributed by atoms with E-state index in [-0.39, 0.29) is 5.41 Å². The fourth-order valence-corrected chi connectivity index (χ4v) is 1.10. The molecule has 0 aliphatic rings. The molecule has 0 aliphatic heterocycles. The van der Waals surface area contributed by atoms with Crippen molar-refractivity contribution in [3.63, 3.8) is 0 Å². The van der Waals surface area contributed by atoms with E-state index in [0.717, 1.165) is 6.42 Å². The average molecular weight is 136 g/mol. The van der Waals surface area contributed by atoms with Gasteiger partial charge >= 0.3 is 0 Å². The smallest absolute Gasteiger partial charge is 0.0463 e. The molecule has 0 unspecified atom stereocenters. The first-order chi connectivity index (χ1) is 4.58. The summed E-state index contributed by atoms with van der Waals surface area (Å²) in [5.41, 5.74) is 1.29. The third-order valence-corrected chi connectivity index (χ3v) is 1.89. The van der Waals surface area contributed by atoms with Crippen LogP contribution in [0.1, 0.15) is 34.1 Å². The van der Waals surface area contributed by atoms with Gasteiger partial charge in [-0.05, 0) is 27.2 Å². The number of allylic oxidation sites excluding steroid dienone is 2. The molecular formula is C10H16. The Kier molecular flexibility index (Phi) is 3.22. The van der Waals surface area contributed by atoms with Gasteiger partial charge in [-0.3, -0.25) is 0 Å². The van der Waals surface area contributed by atoms with Crippen molar-refractivity contribution in [2.24, 2.45) is 5.41 Å². The second kappa shape index (κ2) is 3.46. The zero-order valence-electron chi connectivity index (χ0n) is 7.36. The summed E-state index contributed by atoms with van der Waals surface area (Å²) < 4.78 is 0. The Balaban J connectivity index is 4.48. The molecule has 0 radical (unpaired) electrons. The highest BCUT2D eigenvalue weighted by Gasteiger charge is 2.16. The van der Waals surface area contributed by atoms with Gasteiger partial charge in [0.25, 0.3) is 0 Å². The Labute approximate surface area is 64.3 Å². The fraction of sp³-hybridized carbons (Fsp3) is 0.600. The number of rotatable bonds is 2. The minimum atomic E-state index is -0.0521. The van der Waals surface area contributed by atoms with Gasteiger partial charge in [-0.1, -0.05) is 24.5 Å². The summed E-state index contributed by atoms with van der Waals surface area (Å²) in [6.07, 6.45) is 8.53. The van der Waals surface area contributed by atoms with Crippen LogP contribution < -0.4 is 0 Å². The summed E-state index contributed by atoms with van der Waals surface area (Å²) in [4.78, 5) is 0. The highest BCUT2D eigenvalue weighted by atomic mass is 14.2. The van der Waals surface area contributed by atoms with E-state index in [0.29, 0.717) is 0 Å². The van der Waals surface area contributed by atoms with Gasteiger partial charge < -0.3 is 0 Å². The first kappa shape index (κ1) is 9.30. The summed E-state index contributed by atoms with van der Waals surface area (Å²) >= 11 is 0. The lowest BCUT2D eigenvalue weighted by Crippen LogP contribution is -2.10. The molecule has 0 spiro atoms. The monoisotopic (exact) mass is 136 g/mol. The molecule has 0 saturated carbocycles. The molecule has 0 bridgehead atoms. The van der Waals surface area contributed by atoms with Crippen LogP contribution in [0.25, 0.3) is 0 Å². The quantitative estimate of drug-likeness (QED) is 0.404. The Morgan fingerprint density at radius 1 is 1.60 bits per heavy atom. The van der Waals surface area contributed by atoms with Crippen molar-refractivity contribution < 1.29 is 0 Å². The van der Waals surface area contributed by atoms with Gasteiger partial charge in [-0.2, -0.15) is 0 Å². The lowest BCUT2D eigenvalue weighted by molar-refractivity contribution is 0.583. The molecule has 0 fully saturated rings. The normalized spacial score (nSPS) is 12.9. The molecule has 0 rings (SSSR count). The second-order valence-corrected chi connectivity index (χ2v) is 2.94. The van der Waals surface area contributed by atoms with E-state index in [1.54, 1.807) is 0 Å². The molecule has 0 aromatic carbocycles. The van der Waals surface area contributed by atoms with Crippen molar-refractivity contribution in [2.75, 3.05) is 0 Å². The van der Waals surface area contributed by atoms with Crippen LogP contribution in [-0.4, -0.2) is 0 Å². The predicted octanol–water partition coefficient (Wildman–Crippen LogP) is 3.00. The summed E-state index contributed by atoms with van der Waals surface area (Å²) in [6, 6.07) is 0. The van der Waals surface area contributed by atoms with Crippen LogP contribution in [0, 0.1) is 17.8 Å². The Bertz CT molecular complexity index is 165. The minimum Gasteiger partial charge on any atom is -0.119 e. The number of hydrogen-bond acceptors (Lipinski definition) is 0. The number of hydrogen-bond donors (Lipinski definition) is 0.